The fraction of sp³-hybridized carbons (Fsp3) is 0.167. The fourth-order valence-electron chi connectivity index (χ4n) is 0.599. The molecule has 0 aliphatic rings. The van der Waals surface area contributed by atoms with Gasteiger partial charge in [-0.15, -0.1) is 13.2 Å². The van der Waals surface area contributed by atoms with Crippen LogP contribution in [0.4, 0.5) is 4.39 Å². The molecule has 1 aromatic carbocycles. The minimum absolute atomic E-state index is 0.208. The van der Waals surface area contributed by atoms with Gasteiger partial charge in [-0.25, -0.2) is 4.39 Å². The van der Waals surface area contributed by atoms with Crippen LogP contribution >= 0.6 is 0 Å². The molecular weight excluding hydrogens is 163 g/mol. The van der Waals surface area contributed by atoms with Gasteiger partial charge >= 0.3 is 0 Å². The lowest BCUT2D eigenvalue weighted by Crippen LogP contribution is -1.72. The maximum absolute atomic E-state index is 12.2. The Morgan fingerprint density at radius 1 is 1.08 bits per heavy atom. The van der Waals surface area contributed by atoms with Crippen LogP contribution in [0.5, 0.6) is 0 Å². The van der Waals surface area contributed by atoms with Gasteiger partial charge in [-0.05, 0) is 17.7 Å². The molecule has 0 aliphatic carbocycles. The molecule has 13 heavy (non-hydrogen) atoms. The normalized spacial score (nSPS) is 7.00. The van der Waals surface area contributed by atoms with Gasteiger partial charge in [-0.2, -0.15) is 0 Å². The van der Waals surface area contributed by atoms with E-state index in [0.717, 1.165) is 5.56 Å². The van der Waals surface area contributed by atoms with E-state index < -0.39 is 0 Å². The number of benzene rings is 1. The Labute approximate surface area is 80.4 Å². The van der Waals surface area contributed by atoms with Crippen molar-refractivity contribution in [2.75, 3.05) is 0 Å². The number of hydrogen-bond acceptors (Lipinski definition) is 0. The number of hydrogen-bond donors (Lipinski definition) is 0. The van der Waals surface area contributed by atoms with Gasteiger partial charge in [-0.3, -0.25) is 0 Å². The molecule has 0 saturated heterocycles. The predicted molar refractivity (Wildman–Crippen MR) is 59.1 cm³/mol. The van der Waals surface area contributed by atoms with Gasteiger partial charge in [0, 0.05) is 0 Å². The fourth-order valence-corrected chi connectivity index (χ4v) is 0.599. The van der Waals surface area contributed by atoms with Crippen molar-refractivity contribution < 1.29 is 4.39 Å². The molecule has 0 nitrogen and oxygen atoms in total. The largest absolute Gasteiger partial charge is 0.207 e. The van der Waals surface area contributed by atoms with Gasteiger partial charge in [0.05, 0.1) is 0 Å². The summed E-state index contributed by atoms with van der Waals surface area (Å²) >= 11 is 0. The lowest BCUT2D eigenvalue weighted by atomic mass is 10.2. The van der Waals surface area contributed by atoms with Crippen LogP contribution in [0.2, 0.25) is 0 Å². The Hall–Kier alpha value is -1.37. The van der Waals surface area contributed by atoms with E-state index in [1.165, 1.54) is 12.1 Å². The second-order valence-electron chi connectivity index (χ2n) is 1.76. The average Bonchev–Trinajstić information content (AvgIpc) is 2.25. The molecule has 0 radical (unpaired) electrons. The summed E-state index contributed by atoms with van der Waals surface area (Å²) in [5.41, 5.74) is 0.941. The summed E-state index contributed by atoms with van der Waals surface area (Å²) in [6.45, 7) is 13.5. The smallest absolute Gasteiger partial charge is 0.123 e. The van der Waals surface area contributed by atoms with Crippen molar-refractivity contribution >= 4 is 6.08 Å². The highest BCUT2D eigenvalue weighted by Gasteiger charge is 1.85. The second-order valence-corrected chi connectivity index (χ2v) is 1.76. The number of halogens is 1. The van der Waals surface area contributed by atoms with E-state index in [1.807, 2.05) is 13.8 Å². The molecule has 0 unspecified atom stereocenters. The Bertz CT molecular complexity index is 211. The zero-order chi connectivity index (χ0) is 10.7. The zero-order valence-electron chi connectivity index (χ0n) is 8.39. The minimum Gasteiger partial charge on any atom is -0.207 e. The molecule has 0 aliphatic heterocycles. The van der Waals surface area contributed by atoms with E-state index in [0.29, 0.717) is 0 Å². The quantitative estimate of drug-likeness (QED) is 0.565. The van der Waals surface area contributed by atoms with E-state index in [4.69, 9.17) is 0 Å². The van der Waals surface area contributed by atoms with Crippen LogP contribution in [0.15, 0.2) is 44.0 Å². The van der Waals surface area contributed by atoms with Crippen molar-refractivity contribution in [2.24, 2.45) is 0 Å². The number of rotatable bonds is 1. The lowest BCUT2D eigenvalue weighted by Gasteiger charge is -1.88. The van der Waals surface area contributed by atoms with Gasteiger partial charge in [-0.1, -0.05) is 38.6 Å². The van der Waals surface area contributed by atoms with E-state index in [2.05, 4.69) is 19.7 Å². The maximum atomic E-state index is 12.2. The molecule has 0 N–H and O–H groups in total. The van der Waals surface area contributed by atoms with Gasteiger partial charge in [0.1, 0.15) is 5.82 Å². The molecule has 0 bridgehead atoms. The molecule has 0 fully saturated rings. The van der Waals surface area contributed by atoms with Crippen molar-refractivity contribution in [2.45, 2.75) is 13.8 Å². The first-order valence-corrected chi connectivity index (χ1v) is 4.21. The molecule has 0 atom stereocenters. The molecule has 0 aromatic heterocycles. The summed E-state index contributed by atoms with van der Waals surface area (Å²) in [5.74, 6) is -0.208. The van der Waals surface area contributed by atoms with Crippen LogP contribution in [0.1, 0.15) is 19.4 Å². The third-order valence-electron chi connectivity index (χ3n) is 1.11. The van der Waals surface area contributed by atoms with Gasteiger partial charge in [0.15, 0.2) is 0 Å². The van der Waals surface area contributed by atoms with Crippen molar-refractivity contribution in [1.29, 1.82) is 0 Å². The minimum atomic E-state index is -0.208. The molecule has 72 valence electrons. The van der Waals surface area contributed by atoms with Gasteiger partial charge in [0.2, 0.25) is 0 Å². The second kappa shape index (κ2) is 10.6. The van der Waals surface area contributed by atoms with Crippen LogP contribution < -0.4 is 0 Å². The molecule has 0 spiro atoms. The van der Waals surface area contributed by atoms with Crippen LogP contribution in [-0.4, -0.2) is 0 Å². The van der Waals surface area contributed by atoms with Gasteiger partial charge < -0.3 is 0 Å². The first-order valence-electron chi connectivity index (χ1n) is 4.21. The Balaban J connectivity index is 0. The molecule has 0 amide bonds. The summed E-state index contributed by atoms with van der Waals surface area (Å²) in [6.07, 6.45) is 1.68. The molecule has 1 rings (SSSR count). The van der Waals surface area contributed by atoms with E-state index in [1.54, 1.807) is 18.2 Å². The third kappa shape index (κ3) is 7.01. The summed E-state index contributed by atoms with van der Waals surface area (Å²) < 4.78 is 12.2. The van der Waals surface area contributed by atoms with E-state index >= 15 is 0 Å². The summed E-state index contributed by atoms with van der Waals surface area (Å²) in [4.78, 5) is 0. The highest BCUT2D eigenvalue weighted by atomic mass is 19.1. The average molecular weight is 180 g/mol. The predicted octanol–water partition coefficient (Wildman–Crippen LogP) is 4.30. The first-order chi connectivity index (χ1) is 6.33. The van der Waals surface area contributed by atoms with E-state index in [-0.39, 0.29) is 5.82 Å². The molecular formula is C12H17F. The van der Waals surface area contributed by atoms with Crippen molar-refractivity contribution in [3.63, 3.8) is 0 Å². The SMILES string of the molecule is C=C.C=Cc1ccc(F)cc1.CC. The zero-order valence-corrected chi connectivity index (χ0v) is 8.39. The molecule has 0 heterocycles. The van der Waals surface area contributed by atoms with Crippen LogP contribution in [0, 0.1) is 5.82 Å². The summed E-state index contributed by atoms with van der Waals surface area (Å²) in [7, 11) is 0. The van der Waals surface area contributed by atoms with Crippen LogP contribution in [-0.2, 0) is 0 Å². The van der Waals surface area contributed by atoms with Gasteiger partial charge in [0.25, 0.3) is 0 Å². The summed E-state index contributed by atoms with van der Waals surface area (Å²) in [5, 5.41) is 0. The van der Waals surface area contributed by atoms with E-state index in [9.17, 15) is 4.39 Å². The maximum Gasteiger partial charge on any atom is 0.123 e. The summed E-state index contributed by atoms with van der Waals surface area (Å²) in [6, 6.07) is 6.19. The van der Waals surface area contributed by atoms with Crippen LogP contribution in [0.25, 0.3) is 6.08 Å². The highest BCUT2D eigenvalue weighted by molar-refractivity contribution is 5.45. The molecule has 1 heteroatoms. The lowest BCUT2D eigenvalue weighted by molar-refractivity contribution is 0.628. The topological polar surface area (TPSA) is 0 Å². The van der Waals surface area contributed by atoms with Crippen LogP contribution in [0.3, 0.4) is 0 Å². The molecule has 1 aromatic rings. The van der Waals surface area contributed by atoms with Crippen molar-refractivity contribution in [3.05, 3.63) is 55.4 Å². The monoisotopic (exact) mass is 180 g/mol. The van der Waals surface area contributed by atoms with Crippen molar-refractivity contribution in [1.82, 2.24) is 0 Å². The Morgan fingerprint density at radius 2 is 1.46 bits per heavy atom. The molecule has 0 saturated carbocycles. The Kier molecular flexibility index (Phi) is 11.6. The standard InChI is InChI=1S/C8H7F.C2H6.C2H4/c1-2-7-3-5-8(9)6-4-7;2*1-2/h2-6H,1H2;1-2H3;1-2H2. The van der Waals surface area contributed by atoms with Crippen molar-refractivity contribution in [3.8, 4) is 0 Å². The Morgan fingerprint density at radius 3 is 1.77 bits per heavy atom. The third-order valence-corrected chi connectivity index (χ3v) is 1.11. The highest BCUT2D eigenvalue weighted by Crippen LogP contribution is 2.02. The first kappa shape index (κ1) is 14.2.